The molecule has 32 heavy (non-hydrogen) atoms. The third-order valence-electron chi connectivity index (χ3n) is 5.13. The molecule has 6 heteroatoms. The van der Waals surface area contributed by atoms with Crippen molar-refractivity contribution in [1.29, 1.82) is 0 Å². The molecular weight excluding hydrogens is 410 g/mol. The van der Waals surface area contributed by atoms with Crippen molar-refractivity contribution in [3.05, 3.63) is 102 Å². The van der Waals surface area contributed by atoms with Crippen molar-refractivity contribution in [1.82, 2.24) is 10.3 Å². The number of carbonyl (C=O) groups excluding carboxylic acids is 1. The monoisotopic (exact) mass is 432 g/mol. The molecule has 4 aromatic rings. The van der Waals surface area contributed by atoms with Gasteiger partial charge in [-0.1, -0.05) is 66.7 Å². The summed E-state index contributed by atoms with van der Waals surface area (Å²) in [6, 6.07) is 22.1. The SMILES string of the molecule is C[C@H](NC(=O)CCc1nc(-c2ccccc2)c(-c2ccccc2)o1)c1ccc(F)cc1F. The summed E-state index contributed by atoms with van der Waals surface area (Å²) in [7, 11) is 0. The zero-order valence-corrected chi connectivity index (χ0v) is 17.5. The van der Waals surface area contributed by atoms with Gasteiger partial charge in [0.1, 0.15) is 17.3 Å². The number of rotatable bonds is 7. The van der Waals surface area contributed by atoms with Crippen LogP contribution in [0, 0.1) is 11.6 Å². The van der Waals surface area contributed by atoms with Gasteiger partial charge in [-0.3, -0.25) is 4.79 Å². The molecule has 0 saturated carbocycles. The van der Waals surface area contributed by atoms with E-state index in [2.05, 4.69) is 10.3 Å². The van der Waals surface area contributed by atoms with Crippen LogP contribution in [0.4, 0.5) is 8.78 Å². The molecule has 3 aromatic carbocycles. The Balaban J connectivity index is 1.48. The normalized spacial score (nSPS) is 11.8. The van der Waals surface area contributed by atoms with E-state index in [0.29, 0.717) is 17.3 Å². The van der Waals surface area contributed by atoms with Crippen molar-refractivity contribution in [2.45, 2.75) is 25.8 Å². The van der Waals surface area contributed by atoms with Gasteiger partial charge in [-0.15, -0.1) is 0 Å². The molecule has 1 N–H and O–H groups in total. The van der Waals surface area contributed by atoms with E-state index in [9.17, 15) is 13.6 Å². The molecule has 0 aliphatic heterocycles. The number of hydrogen-bond acceptors (Lipinski definition) is 3. The maximum absolute atomic E-state index is 14.0. The number of oxazole rings is 1. The zero-order chi connectivity index (χ0) is 22.5. The number of aromatic nitrogens is 1. The van der Waals surface area contributed by atoms with Gasteiger partial charge in [0, 0.05) is 35.6 Å². The van der Waals surface area contributed by atoms with E-state index in [1.807, 2.05) is 60.7 Å². The van der Waals surface area contributed by atoms with Crippen LogP contribution in [0.2, 0.25) is 0 Å². The van der Waals surface area contributed by atoms with Gasteiger partial charge in [0.05, 0.1) is 6.04 Å². The second kappa shape index (κ2) is 9.56. The Hall–Kier alpha value is -3.80. The number of aryl methyl sites for hydroxylation is 1. The smallest absolute Gasteiger partial charge is 0.220 e. The lowest BCUT2D eigenvalue weighted by Gasteiger charge is -2.14. The summed E-state index contributed by atoms with van der Waals surface area (Å²) in [5.41, 5.74) is 2.77. The number of nitrogens with one attached hydrogen (secondary N) is 1. The lowest BCUT2D eigenvalue weighted by atomic mass is 10.1. The fraction of sp³-hybridized carbons (Fsp3) is 0.154. The minimum Gasteiger partial charge on any atom is -0.440 e. The summed E-state index contributed by atoms with van der Waals surface area (Å²) in [4.78, 5) is 17.1. The Bertz CT molecular complexity index is 1150. The third kappa shape index (κ3) is 4.91. The van der Waals surface area contributed by atoms with Crippen molar-refractivity contribution in [3.8, 4) is 22.6 Å². The van der Waals surface area contributed by atoms with E-state index in [0.717, 1.165) is 17.2 Å². The first-order valence-electron chi connectivity index (χ1n) is 10.4. The molecule has 0 aliphatic carbocycles. The maximum atomic E-state index is 14.0. The van der Waals surface area contributed by atoms with Crippen molar-refractivity contribution in [2.75, 3.05) is 0 Å². The highest BCUT2D eigenvalue weighted by molar-refractivity contribution is 5.78. The minimum atomic E-state index is -0.689. The Morgan fingerprint density at radius 3 is 2.28 bits per heavy atom. The van der Waals surface area contributed by atoms with Crippen LogP contribution in [-0.4, -0.2) is 10.9 Å². The fourth-order valence-electron chi connectivity index (χ4n) is 3.51. The second-order valence-corrected chi connectivity index (χ2v) is 7.47. The summed E-state index contributed by atoms with van der Waals surface area (Å²) >= 11 is 0. The van der Waals surface area contributed by atoms with Crippen molar-refractivity contribution >= 4 is 5.91 Å². The minimum absolute atomic E-state index is 0.121. The van der Waals surface area contributed by atoms with E-state index in [1.165, 1.54) is 12.1 Å². The van der Waals surface area contributed by atoms with Gasteiger partial charge in [0.2, 0.25) is 5.91 Å². The molecule has 0 bridgehead atoms. The van der Waals surface area contributed by atoms with Gasteiger partial charge < -0.3 is 9.73 Å². The number of nitrogens with zero attached hydrogens (tertiary/aromatic N) is 1. The molecule has 0 fully saturated rings. The summed E-state index contributed by atoms with van der Waals surface area (Å²) in [5.74, 6) is -0.531. The summed E-state index contributed by atoms with van der Waals surface area (Å²) in [6.45, 7) is 1.65. The largest absolute Gasteiger partial charge is 0.440 e. The Morgan fingerprint density at radius 1 is 0.969 bits per heavy atom. The Labute approximate surface area is 184 Å². The highest BCUT2D eigenvalue weighted by Gasteiger charge is 2.19. The summed E-state index contributed by atoms with van der Waals surface area (Å²) in [6.07, 6.45) is 0.410. The number of halogens is 2. The first kappa shape index (κ1) is 21.4. The Morgan fingerprint density at radius 2 is 1.62 bits per heavy atom. The molecule has 4 nitrogen and oxygen atoms in total. The highest BCUT2D eigenvalue weighted by atomic mass is 19.1. The van der Waals surface area contributed by atoms with Crippen LogP contribution < -0.4 is 5.32 Å². The molecule has 4 rings (SSSR count). The van der Waals surface area contributed by atoms with Gasteiger partial charge in [-0.25, -0.2) is 13.8 Å². The average Bonchev–Trinajstić information content (AvgIpc) is 3.23. The number of benzene rings is 3. The lowest BCUT2D eigenvalue weighted by molar-refractivity contribution is -0.121. The van der Waals surface area contributed by atoms with Crippen LogP contribution in [0.5, 0.6) is 0 Å². The molecule has 1 atom stereocenters. The molecule has 162 valence electrons. The number of hydrogen-bond donors (Lipinski definition) is 1. The lowest BCUT2D eigenvalue weighted by Crippen LogP contribution is -2.27. The first-order chi connectivity index (χ1) is 15.5. The predicted molar refractivity (Wildman–Crippen MR) is 119 cm³/mol. The van der Waals surface area contributed by atoms with E-state index < -0.39 is 17.7 Å². The standard InChI is InChI=1S/C26H22F2N2O2/c1-17(21-13-12-20(27)16-22(21)28)29-23(31)14-15-24-30-25(18-8-4-2-5-9-18)26(32-24)19-10-6-3-7-11-19/h2-13,16-17H,14-15H2,1H3,(H,29,31)/t17-/m0/s1. The van der Waals surface area contributed by atoms with Crippen molar-refractivity contribution in [2.24, 2.45) is 0 Å². The molecule has 1 amide bonds. The maximum Gasteiger partial charge on any atom is 0.220 e. The Kier molecular flexibility index (Phi) is 6.40. The van der Waals surface area contributed by atoms with Gasteiger partial charge >= 0.3 is 0 Å². The molecule has 1 aromatic heterocycles. The molecule has 0 spiro atoms. The van der Waals surface area contributed by atoms with Crippen molar-refractivity contribution in [3.63, 3.8) is 0 Å². The quantitative estimate of drug-likeness (QED) is 0.384. The molecule has 0 saturated heterocycles. The zero-order valence-electron chi connectivity index (χ0n) is 17.5. The third-order valence-corrected chi connectivity index (χ3v) is 5.13. The van der Waals surface area contributed by atoms with E-state index in [4.69, 9.17) is 4.42 Å². The van der Waals surface area contributed by atoms with Gasteiger partial charge in [-0.2, -0.15) is 0 Å². The van der Waals surface area contributed by atoms with Gasteiger partial charge in [0.25, 0.3) is 0 Å². The first-order valence-corrected chi connectivity index (χ1v) is 10.4. The van der Waals surface area contributed by atoms with Gasteiger partial charge in [0.15, 0.2) is 11.7 Å². The fourth-order valence-corrected chi connectivity index (χ4v) is 3.51. The van der Waals surface area contributed by atoms with Crippen LogP contribution in [0.3, 0.4) is 0 Å². The molecule has 1 heterocycles. The van der Waals surface area contributed by atoms with Crippen LogP contribution in [0.1, 0.15) is 30.8 Å². The molecular formula is C26H22F2N2O2. The molecule has 0 aliphatic rings. The predicted octanol–water partition coefficient (Wildman–Crippen LogP) is 6.10. The number of amides is 1. The summed E-state index contributed by atoms with van der Waals surface area (Å²) < 4.78 is 33.1. The topological polar surface area (TPSA) is 55.1 Å². The van der Waals surface area contributed by atoms with Crippen LogP contribution in [0.25, 0.3) is 22.6 Å². The average molecular weight is 432 g/mol. The number of carbonyl (C=O) groups is 1. The molecule has 0 unspecified atom stereocenters. The van der Waals surface area contributed by atoms with Crippen LogP contribution >= 0.6 is 0 Å². The van der Waals surface area contributed by atoms with E-state index in [1.54, 1.807) is 6.92 Å². The van der Waals surface area contributed by atoms with Gasteiger partial charge in [-0.05, 0) is 13.0 Å². The van der Waals surface area contributed by atoms with E-state index >= 15 is 0 Å². The van der Waals surface area contributed by atoms with Crippen LogP contribution in [-0.2, 0) is 11.2 Å². The second-order valence-electron chi connectivity index (χ2n) is 7.47. The van der Waals surface area contributed by atoms with Crippen molar-refractivity contribution < 1.29 is 18.0 Å². The highest BCUT2D eigenvalue weighted by Crippen LogP contribution is 2.32. The van der Waals surface area contributed by atoms with Crippen LogP contribution in [0.15, 0.2) is 83.3 Å². The summed E-state index contributed by atoms with van der Waals surface area (Å²) in [5, 5.41) is 2.74. The van der Waals surface area contributed by atoms with E-state index in [-0.39, 0.29) is 24.3 Å². The molecule has 0 radical (unpaired) electrons.